The largest absolute Gasteiger partial charge is 0.278 e. The van der Waals surface area contributed by atoms with E-state index in [1.54, 1.807) is 24.3 Å². The lowest BCUT2D eigenvalue weighted by Crippen LogP contribution is -2.41. The molecular weight excluding hydrogens is 276 g/mol. The van der Waals surface area contributed by atoms with Crippen LogP contribution in [0.2, 0.25) is 0 Å². The topological polar surface area (TPSA) is 75.3 Å². The predicted molar refractivity (Wildman–Crippen MR) is 78.4 cm³/mol. The van der Waals surface area contributed by atoms with Gasteiger partial charge in [0.25, 0.3) is 10.0 Å². The molecule has 0 unspecified atom stereocenters. The number of benzene rings is 1. The van der Waals surface area contributed by atoms with Gasteiger partial charge < -0.3 is 0 Å². The molecule has 112 valence electrons. The van der Waals surface area contributed by atoms with E-state index in [0.29, 0.717) is 0 Å². The average molecular weight is 298 g/mol. The Morgan fingerprint density at radius 2 is 1.80 bits per heavy atom. The van der Waals surface area contributed by atoms with E-state index in [2.05, 4.69) is 17.2 Å². The van der Waals surface area contributed by atoms with Crippen LogP contribution < -0.4 is 10.3 Å². The second kappa shape index (κ2) is 7.40. The molecule has 5 nitrogen and oxygen atoms in total. The van der Waals surface area contributed by atoms with E-state index in [1.807, 2.05) is 13.8 Å². The molecule has 1 aromatic rings. The fourth-order valence-corrected chi connectivity index (χ4v) is 2.59. The summed E-state index contributed by atoms with van der Waals surface area (Å²) < 4.78 is 23.9. The highest BCUT2D eigenvalue weighted by atomic mass is 32.2. The molecule has 0 atom stereocenters. The van der Waals surface area contributed by atoms with Crippen molar-refractivity contribution in [2.75, 3.05) is 0 Å². The van der Waals surface area contributed by atoms with Crippen molar-refractivity contribution in [2.45, 2.75) is 44.9 Å². The zero-order valence-corrected chi connectivity index (χ0v) is 13.0. The van der Waals surface area contributed by atoms with E-state index in [4.69, 9.17) is 0 Å². The van der Waals surface area contributed by atoms with Crippen LogP contribution in [0.4, 0.5) is 0 Å². The lowest BCUT2D eigenvalue weighted by atomic mass is 10.1. The van der Waals surface area contributed by atoms with Crippen LogP contribution in [0, 0.1) is 5.92 Å². The van der Waals surface area contributed by atoms with Gasteiger partial charge in [-0.05, 0) is 30.0 Å². The van der Waals surface area contributed by atoms with Gasteiger partial charge in [0.2, 0.25) is 5.91 Å². The van der Waals surface area contributed by atoms with Gasteiger partial charge in [0.05, 0.1) is 4.90 Å². The lowest BCUT2D eigenvalue weighted by Gasteiger charge is -2.10. The summed E-state index contributed by atoms with van der Waals surface area (Å²) in [5.74, 6) is -0.168. The van der Waals surface area contributed by atoms with Crippen molar-refractivity contribution < 1.29 is 13.2 Å². The van der Waals surface area contributed by atoms with Gasteiger partial charge in [0.1, 0.15) is 0 Å². The summed E-state index contributed by atoms with van der Waals surface area (Å²) >= 11 is 0. The van der Waals surface area contributed by atoms with E-state index in [9.17, 15) is 13.2 Å². The molecule has 1 rings (SSSR count). The second-order valence-electron chi connectivity index (χ2n) is 5.15. The molecule has 0 aromatic heterocycles. The van der Waals surface area contributed by atoms with Crippen LogP contribution in [0.5, 0.6) is 0 Å². The van der Waals surface area contributed by atoms with Crippen LogP contribution in [0.25, 0.3) is 0 Å². The Hall–Kier alpha value is -1.40. The van der Waals surface area contributed by atoms with Gasteiger partial charge in [0.15, 0.2) is 0 Å². The van der Waals surface area contributed by atoms with Gasteiger partial charge in [0, 0.05) is 6.42 Å². The van der Waals surface area contributed by atoms with Gasteiger partial charge in [-0.1, -0.05) is 39.3 Å². The van der Waals surface area contributed by atoms with Gasteiger partial charge in [-0.15, -0.1) is 4.83 Å². The van der Waals surface area contributed by atoms with Crippen LogP contribution in [-0.4, -0.2) is 14.3 Å². The van der Waals surface area contributed by atoms with Gasteiger partial charge in [-0.2, -0.15) is 0 Å². The van der Waals surface area contributed by atoms with Crippen LogP contribution in [0.15, 0.2) is 29.2 Å². The number of sulfonamides is 1. The van der Waals surface area contributed by atoms with Crippen LogP contribution in [-0.2, 0) is 21.2 Å². The Labute approximate surface area is 120 Å². The molecule has 0 aliphatic heterocycles. The Morgan fingerprint density at radius 1 is 1.20 bits per heavy atom. The highest BCUT2D eigenvalue weighted by Crippen LogP contribution is 2.11. The number of rotatable bonds is 7. The Kier molecular flexibility index (Phi) is 6.16. The van der Waals surface area contributed by atoms with Crippen molar-refractivity contribution >= 4 is 15.9 Å². The number of carbonyl (C=O) groups is 1. The first-order chi connectivity index (χ1) is 9.35. The maximum Gasteiger partial charge on any atom is 0.257 e. The zero-order chi connectivity index (χ0) is 15.2. The average Bonchev–Trinajstić information content (AvgIpc) is 2.37. The van der Waals surface area contributed by atoms with Gasteiger partial charge in [-0.25, -0.2) is 8.42 Å². The predicted octanol–water partition coefficient (Wildman–Crippen LogP) is 1.99. The Morgan fingerprint density at radius 3 is 2.30 bits per heavy atom. The molecule has 0 bridgehead atoms. The maximum absolute atomic E-state index is 12.0. The second-order valence-corrected chi connectivity index (χ2v) is 6.83. The normalized spacial score (nSPS) is 11.6. The quantitative estimate of drug-likeness (QED) is 0.756. The summed E-state index contributed by atoms with van der Waals surface area (Å²) in [7, 11) is -3.70. The van der Waals surface area contributed by atoms with E-state index in [1.165, 1.54) is 0 Å². The molecule has 1 amide bonds. The smallest absolute Gasteiger partial charge is 0.257 e. The summed E-state index contributed by atoms with van der Waals surface area (Å²) in [4.78, 5) is 13.7. The number of aryl methyl sites for hydroxylation is 1. The molecule has 1 aromatic carbocycles. The summed E-state index contributed by atoms with van der Waals surface area (Å²) in [6.07, 6.45) is 2.20. The van der Waals surface area contributed by atoms with E-state index in [0.717, 1.165) is 18.4 Å². The molecule has 20 heavy (non-hydrogen) atoms. The minimum atomic E-state index is -3.70. The number of amides is 1. The SMILES string of the molecule is CCCc1ccc(S(=O)(=O)NNC(=O)CC(C)C)cc1. The third-order valence-electron chi connectivity index (χ3n) is 2.69. The highest BCUT2D eigenvalue weighted by Gasteiger charge is 2.15. The minimum Gasteiger partial charge on any atom is -0.278 e. The van der Waals surface area contributed by atoms with Crippen molar-refractivity contribution in [3.63, 3.8) is 0 Å². The summed E-state index contributed by atoms with van der Waals surface area (Å²) in [5, 5.41) is 0. The van der Waals surface area contributed by atoms with Crippen molar-refractivity contribution in [3.8, 4) is 0 Å². The van der Waals surface area contributed by atoms with Crippen molar-refractivity contribution in [3.05, 3.63) is 29.8 Å². The third-order valence-corrected chi connectivity index (χ3v) is 3.95. The highest BCUT2D eigenvalue weighted by molar-refractivity contribution is 7.89. The molecule has 6 heteroatoms. The molecule has 0 aliphatic carbocycles. The molecule has 0 saturated carbocycles. The standard InChI is InChI=1S/C14H22N2O3S/c1-4-5-12-6-8-13(9-7-12)20(18,19)16-15-14(17)10-11(2)3/h6-9,11,16H,4-5,10H2,1-3H3,(H,15,17). The van der Waals surface area contributed by atoms with Crippen molar-refractivity contribution in [1.29, 1.82) is 0 Å². The fourth-order valence-electron chi connectivity index (χ4n) is 1.73. The first-order valence-electron chi connectivity index (χ1n) is 6.74. The molecule has 2 N–H and O–H groups in total. The molecule has 0 radical (unpaired) electrons. The van der Waals surface area contributed by atoms with Crippen LogP contribution in [0.3, 0.4) is 0 Å². The summed E-state index contributed by atoms with van der Waals surface area (Å²) in [6.45, 7) is 5.84. The third kappa shape index (κ3) is 5.30. The van der Waals surface area contributed by atoms with Crippen LogP contribution in [0.1, 0.15) is 39.2 Å². The summed E-state index contributed by atoms with van der Waals surface area (Å²) in [5.41, 5.74) is 3.31. The Bertz CT molecular complexity index is 536. The minimum absolute atomic E-state index is 0.141. The molecular formula is C14H22N2O3S. The molecule has 0 aliphatic rings. The van der Waals surface area contributed by atoms with Crippen LogP contribution >= 0.6 is 0 Å². The van der Waals surface area contributed by atoms with Gasteiger partial charge in [-0.3, -0.25) is 10.2 Å². The van der Waals surface area contributed by atoms with E-state index < -0.39 is 10.0 Å². The zero-order valence-electron chi connectivity index (χ0n) is 12.1. The van der Waals surface area contributed by atoms with E-state index >= 15 is 0 Å². The van der Waals surface area contributed by atoms with E-state index in [-0.39, 0.29) is 23.1 Å². The molecule has 0 saturated heterocycles. The van der Waals surface area contributed by atoms with Gasteiger partial charge >= 0.3 is 0 Å². The van der Waals surface area contributed by atoms with Crippen molar-refractivity contribution in [2.24, 2.45) is 5.92 Å². The summed E-state index contributed by atoms with van der Waals surface area (Å²) in [6, 6.07) is 6.66. The fraction of sp³-hybridized carbons (Fsp3) is 0.500. The lowest BCUT2D eigenvalue weighted by molar-refractivity contribution is -0.122. The number of hydrazine groups is 1. The first-order valence-corrected chi connectivity index (χ1v) is 8.23. The molecule has 0 heterocycles. The van der Waals surface area contributed by atoms with Crippen molar-refractivity contribution in [1.82, 2.24) is 10.3 Å². The monoisotopic (exact) mass is 298 g/mol. The molecule has 0 fully saturated rings. The first kappa shape index (κ1) is 16.7. The maximum atomic E-state index is 12.0. The molecule has 0 spiro atoms. The number of carbonyl (C=O) groups excluding carboxylic acids is 1. The number of hydrogen-bond donors (Lipinski definition) is 2. The Balaban J connectivity index is 2.66. The number of hydrogen-bond acceptors (Lipinski definition) is 3. The number of nitrogens with one attached hydrogen (secondary N) is 2.